The minimum Gasteiger partial charge on any atom is -0.497 e. The van der Waals surface area contributed by atoms with Crippen molar-refractivity contribution in [1.82, 2.24) is 0 Å². The third-order valence-corrected chi connectivity index (χ3v) is 4.24. The highest BCUT2D eigenvalue weighted by Gasteiger charge is 2.11. The Morgan fingerprint density at radius 3 is 2.62 bits per heavy atom. The minimum absolute atomic E-state index is 0.430. The van der Waals surface area contributed by atoms with Gasteiger partial charge in [-0.1, -0.05) is 64.1 Å². The maximum atomic E-state index is 5.18. The second kappa shape index (κ2) is 7.33. The van der Waals surface area contributed by atoms with Crippen molar-refractivity contribution in [3.8, 4) is 5.75 Å². The van der Waals surface area contributed by atoms with Crippen molar-refractivity contribution >= 4 is 31.9 Å². The molecule has 0 bridgehead atoms. The van der Waals surface area contributed by atoms with E-state index < -0.39 is 0 Å². The summed E-state index contributed by atoms with van der Waals surface area (Å²) >= 11 is 7.33. The Balaban J connectivity index is 2.64. The number of hydrogen-bond donors (Lipinski definition) is 0. The highest BCUT2D eigenvalue weighted by atomic mass is 79.9. The topological polar surface area (TPSA) is 9.23 Å². The van der Waals surface area contributed by atoms with Crippen LogP contribution in [0.15, 0.2) is 22.7 Å². The van der Waals surface area contributed by atoms with E-state index in [9.17, 15) is 0 Å². The van der Waals surface area contributed by atoms with E-state index in [2.05, 4.69) is 44.8 Å². The lowest BCUT2D eigenvalue weighted by molar-refractivity contribution is 0.414. The maximum absolute atomic E-state index is 5.18. The molecule has 90 valence electrons. The van der Waals surface area contributed by atoms with E-state index in [0.717, 1.165) is 10.2 Å². The zero-order valence-electron chi connectivity index (χ0n) is 9.80. The average molecular weight is 350 g/mol. The molecule has 0 aliphatic rings. The van der Waals surface area contributed by atoms with Crippen LogP contribution in [-0.4, -0.2) is 7.11 Å². The first-order valence-corrected chi connectivity index (χ1v) is 7.37. The molecule has 0 radical (unpaired) electrons. The van der Waals surface area contributed by atoms with Crippen LogP contribution in [0.4, 0.5) is 0 Å². The van der Waals surface area contributed by atoms with Crippen LogP contribution in [0.2, 0.25) is 0 Å². The van der Waals surface area contributed by atoms with E-state index >= 15 is 0 Å². The van der Waals surface area contributed by atoms with Gasteiger partial charge in [-0.25, -0.2) is 0 Å². The third-order valence-electron chi connectivity index (χ3n) is 2.61. The molecule has 0 amide bonds. The van der Waals surface area contributed by atoms with Crippen molar-refractivity contribution in [3.63, 3.8) is 0 Å². The third kappa shape index (κ3) is 4.10. The molecule has 16 heavy (non-hydrogen) atoms. The molecule has 0 spiro atoms. The van der Waals surface area contributed by atoms with Gasteiger partial charge in [0, 0.05) is 9.30 Å². The number of alkyl halides is 1. The summed E-state index contributed by atoms with van der Waals surface area (Å²) in [7, 11) is 1.69. The van der Waals surface area contributed by atoms with Crippen molar-refractivity contribution in [3.05, 3.63) is 28.2 Å². The zero-order chi connectivity index (χ0) is 12.0. The molecular formula is C13H18Br2O. The van der Waals surface area contributed by atoms with Gasteiger partial charge in [0.1, 0.15) is 5.75 Å². The van der Waals surface area contributed by atoms with Gasteiger partial charge in [-0.3, -0.25) is 0 Å². The predicted octanol–water partition coefficient (Wildman–Crippen LogP) is 5.47. The highest BCUT2D eigenvalue weighted by Crippen LogP contribution is 2.35. The van der Waals surface area contributed by atoms with Gasteiger partial charge in [-0.15, -0.1) is 0 Å². The summed E-state index contributed by atoms with van der Waals surface area (Å²) in [4.78, 5) is 0.430. The van der Waals surface area contributed by atoms with Gasteiger partial charge < -0.3 is 4.74 Å². The first kappa shape index (κ1) is 14.0. The predicted molar refractivity (Wildman–Crippen MR) is 76.5 cm³/mol. The van der Waals surface area contributed by atoms with Crippen LogP contribution in [0, 0.1) is 0 Å². The molecule has 0 aromatic heterocycles. The van der Waals surface area contributed by atoms with E-state index in [4.69, 9.17) is 4.74 Å². The fourth-order valence-corrected chi connectivity index (χ4v) is 3.28. The molecule has 0 aliphatic heterocycles. The molecule has 0 saturated heterocycles. The second-order valence-corrected chi connectivity index (χ2v) is 5.81. The summed E-state index contributed by atoms with van der Waals surface area (Å²) in [5, 5.41) is 0. The minimum atomic E-state index is 0.430. The summed E-state index contributed by atoms with van der Waals surface area (Å²) in [5.41, 5.74) is 1.30. The molecule has 1 aromatic rings. The molecule has 0 heterocycles. The molecule has 1 aromatic carbocycles. The quantitative estimate of drug-likeness (QED) is 0.488. The summed E-state index contributed by atoms with van der Waals surface area (Å²) < 4.78 is 6.30. The SMILES string of the molecule is CCCCCC(Br)c1ccc(OC)cc1Br. The van der Waals surface area contributed by atoms with Gasteiger partial charge in [-0.2, -0.15) is 0 Å². The van der Waals surface area contributed by atoms with Crippen molar-refractivity contribution in [2.75, 3.05) is 7.11 Å². The number of methoxy groups -OCH3 is 1. The van der Waals surface area contributed by atoms with E-state index in [1.807, 2.05) is 12.1 Å². The molecule has 1 unspecified atom stereocenters. The van der Waals surface area contributed by atoms with Gasteiger partial charge in [0.05, 0.1) is 7.11 Å². The Morgan fingerprint density at radius 1 is 1.31 bits per heavy atom. The van der Waals surface area contributed by atoms with E-state index in [-0.39, 0.29) is 0 Å². The molecule has 0 fully saturated rings. The molecule has 0 saturated carbocycles. The van der Waals surface area contributed by atoms with Crippen LogP contribution in [-0.2, 0) is 0 Å². The Morgan fingerprint density at radius 2 is 2.06 bits per heavy atom. The largest absolute Gasteiger partial charge is 0.497 e. The van der Waals surface area contributed by atoms with E-state index in [1.165, 1.54) is 31.2 Å². The van der Waals surface area contributed by atoms with Crippen molar-refractivity contribution in [2.45, 2.75) is 37.4 Å². The van der Waals surface area contributed by atoms with Crippen LogP contribution in [0.1, 0.15) is 43.0 Å². The fraction of sp³-hybridized carbons (Fsp3) is 0.538. The monoisotopic (exact) mass is 348 g/mol. The van der Waals surface area contributed by atoms with Gasteiger partial charge in [0.15, 0.2) is 0 Å². The Bertz CT molecular complexity index is 326. The Labute approximate surface area is 115 Å². The molecule has 0 aliphatic carbocycles. The maximum Gasteiger partial charge on any atom is 0.120 e. The lowest BCUT2D eigenvalue weighted by Gasteiger charge is -2.13. The summed E-state index contributed by atoms with van der Waals surface area (Å²) in [6.45, 7) is 2.23. The Kier molecular flexibility index (Phi) is 6.44. The van der Waals surface area contributed by atoms with E-state index in [0.29, 0.717) is 4.83 Å². The molecule has 1 atom stereocenters. The molecular weight excluding hydrogens is 332 g/mol. The number of hydrogen-bond acceptors (Lipinski definition) is 1. The van der Waals surface area contributed by atoms with Crippen LogP contribution >= 0.6 is 31.9 Å². The van der Waals surface area contributed by atoms with Gasteiger partial charge >= 0.3 is 0 Å². The fourth-order valence-electron chi connectivity index (χ4n) is 1.62. The zero-order valence-corrected chi connectivity index (χ0v) is 13.0. The first-order valence-electron chi connectivity index (χ1n) is 5.66. The van der Waals surface area contributed by atoms with Gasteiger partial charge in [0.25, 0.3) is 0 Å². The first-order chi connectivity index (χ1) is 7.69. The number of ether oxygens (including phenoxy) is 1. The number of rotatable bonds is 6. The average Bonchev–Trinajstić information content (AvgIpc) is 2.29. The van der Waals surface area contributed by atoms with Gasteiger partial charge in [0.2, 0.25) is 0 Å². The lowest BCUT2D eigenvalue weighted by atomic mass is 10.1. The van der Waals surface area contributed by atoms with Crippen LogP contribution in [0.5, 0.6) is 5.75 Å². The Hall–Kier alpha value is -0.0200. The molecule has 1 nitrogen and oxygen atoms in total. The van der Waals surface area contributed by atoms with Gasteiger partial charge in [-0.05, 0) is 24.1 Å². The summed E-state index contributed by atoms with van der Waals surface area (Å²) in [5.74, 6) is 0.892. The number of benzene rings is 1. The molecule has 1 rings (SSSR count). The molecule has 0 N–H and O–H groups in total. The smallest absolute Gasteiger partial charge is 0.120 e. The number of halogens is 2. The second-order valence-electron chi connectivity index (χ2n) is 3.85. The van der Waals surface area contributed by atoms with Crippen molar-refractivity contribution in [1.29, 1.82) is 0 Å². The van der Waals surface area contributed by atoms with Crippen molar-refractivity contribution in [2.24, 2.45) is 0 Å². The standard InChI is InChI=1S/C13H18Br2O/c1-3-4-5-6-12(14)11-8-7-10(16-2)9-13(11)15/h7-9,12H,3-6H2,1-2H3. The summed E-state index contributed by atoms with van der Waals surface area (Å²) in [6, 6.07) is 6.14. The number of unbranched alkanes of at least 4 members (excludes halogenated alkanes) is 2. The van der Waals surface area contributed by atoms with Crippen LogP contribution < -0.4 is 4.74 Å². The van der Waals surface area contributed by atoms with Crippen LogP contribution in [0.25, 0.3) is 0 Å². The van der Waals surface area contributed by atoms with E-state index in [1.54, 1.807) is 7.11 Å². The summed E-state index contributed by atoms with van der Waals surface area (Å²) in [6.07, 6.45) is 5.02. The molecule has 3 heteroatoms. The van der Waals surface area contributed by atoms with Crippen LogP contribution in [0.3, 0.4) is 0 Å². The van der Waals surface area contributed by atoms with Crippen molar-refractivity contribution < 1.29 is 4.74 Å². The lowest BCUT2D eigenvalue weighted by Crippen LogP contribution is -1.93. The highest BCUT2D eigenvalue weighted by molar-refractivity contribution is 9.11. The normalized spacial score (nSPS) is 12.5.